The van der Waals surface area contributed by atoms with E-state index in [0.29, 0.717) is 18.7 Å². The van der Waals surface area contributed by atoms with E-state index in [1.54, 1.807) is 12.1 Å². The molecule has 0 aliphatic carbocycles. The molecule has 0 saturated carbocycles. The third-order valence-corrected chi connectivity index (χ3v) is 5.24. The molecule has 1 heterocycles. The molecule has 1 aromatic rings. The number of nitrogens with zero attached hydrogens (tertiary/aromatic N) is 1. The van der Waals surface area contributed by atoms with Crippen molar-refractivity contribution < 1.29 is 13.5 Å². The molecular weight excluding hydrogens is 252 g/mol. The summed E-state index contributed by atoms with van der Waals surface area (Å²) >= 11 is 0. The molecular formula is C12H18N2O3S. The fourth-order valence-electron chi connectivity index (χ4n) is 2.06. The van der Waals surface area contributed by atoms with Crippen molar-refractivity contribution in [3.63, 3.8) is 0 Å². The fraction of sp³-hybridized carbons (Fsp3) is 0.500. The Kier molecular flexibility index (Phi) is 3.61. The maximum absolute atomic E-state index is 12.4. The Morgan fingerprint density at radius 3 is 2.78 bits per heavy atom. The van der Waals surface area contributed by atoms with E-state index < -0.39 is 16.1 Å². The van der Waals surface area contributed by atoms with Crippen LogP contribution in [0.2, 0.25) is 0 Å². The number of rotatable bonds is 2. The highest BCUT2D eigenvalue weighted by Crippen LogP contribution is 2.24. The summed E-state index contributed by atoms with van der Waals surface area (Å²) in [4.78, 5) is 0.184. The van der Waals surface area contributed by atoms with Crippen LogP contribution in [0.1, 0.15) is 13.3 Å². The fourth-order valence-corrected chi connectivity index (χ4v) is 3.59. The molecule has 1 saturated heterocycles. The second-order valence-electron chi connectivity index (χ2n) is 4.77. The van der Waals surface area contributed by atoms with Crippen molar-refractivity contribution in [2.45, 2.75) is 24.3 Å². The number of nitrogens with two attached hydrogens (primary N) is 1. The van der Waals surface area contributed by atoms with E-state index in [9.17, 15) is 13.5 Å². The van der Waals surface area contributed by atoms with Gasteiger partial charge in [0.1, 0.15) is 0 Å². The van der Waals surface area contributed by atoms with Crippen LogP contribution in [0.25, 0.3) is 0 Å². The first-order chi connectivity index (χ1) is 8.41. The quantitative estimate of drug-likeness (QED) is 0.773. The lowest BCUT2D eigenvalue weighted by molar-refractivity contribution is 0.0605. The van der Waals surface area contributed by atoms with Gasteiger partial charge < -0.3 is 10.8 Å². The highest BCUT2D eigenvalue weighted by atomic mass is 32.2. The van der Waals surface area contributed by atoms with Crippen LogP contribution in [0.5, 0.6) is 0 Å². The number of benzene rings is 1. The molecule has 1 aromatic carbocycles. The topological polar surface area (TPSA) is 83.6 Å². The van der Waals surface area contributed by atoms with Gasteiger partial charge in [-0.2, -0.15) is 4.31 Å². The zero-order chi connectivity index (χ0) is 13.3. The third kappa shape index (κ3) is 2.50. The number of sulfonamides is 1. The SMILES string of the molecule is CC1CCN(S(=O)(=O)c2cccc(N)c2)CC1O. The van der Waals surface area contributed by atoms with E-state index in [0.717, 1.165) is 0 Å². The van der Waals surface area contributed by atoms with E-state index in [2.05, 4.69) is 0 Å². The molecule has 0 radical (unpaired) electrons. The molecule has 18 heavy (non-hydrogen) atoms. The highest BCUT2D eigenvalue weighted by molar-refractivity contribution is 7.89. The molecule has 1 aliphatic rings. The van der Waals surface area contributed by atoms with Crippen molar-refractivity contribution in [2.75, 3.05) is 18.8 Å². The molecule has 2 unspecified atom stereocenters. The largest absolute Gasteiger partial charge is 0.399 e. The minimum absolute atomic E-state index is 0.136. The van der Waals surface area contributed by atoms with Crippen LogP contribution >= 0.6 is 0 Å². The van der Waals surface area contributed by atoms with Crippen molar-refractivity contribution in [3.8, 4) is 0 Å². The molecule has 2 atom stereocenters. The predicted molar refractivity (Wildman–Crippen MR) is 69.4 cm³/mol. The Morgan fingerprint density at radius 1 is 1.44 bits per heavy atom. The molecule has 0 aromatic heterocycles. The standard InChI is InChI=1S/C12H18N2O3S/c1-9-5-6-14(8-12(9)15)18(16,17)11-4-2-3-10(13)7-11/h2-4,7,9,12,15H,5-6,8,13H2,1H3. The first kappa shape index (κ1) is 13.3. The van der Waals surface area contributed by atoms with Crippen molar-refractivity contribution in [1.82, 2.24) is 4.31 Å². The van der Waals surface area contributed by atoms with Gasteiger partial charge >= 0.3 is 0 Å². The summed E-state index contributed by atoms with van der Waals surface area (Å²) in [6.45, 7) is 2.52. The van der Waals surface area contributed by atoms with Crippen molar-refractivity contribution in [3.05, 3.63) is 24.3 Å². The summed E-state index contributed by atoms with van der Waals surface area (Å²) in [5.41, 5.74) is 6.02. The average Bonchev–Trinajstić information content (AvgIpc) is 2.32. The van der Waals surface area contributed by atoms with Gasteiger partial charge in [-0.3, -0.25) is 0 Å². The van der Waals surface area contributed by atoms with E-state index in [-0.39, 0.29) is 17.4 Å². The molecule has 1 aliphatic heterocycles. The molecule has 2 rings (SSSR count). The van der Waals surface area contributed by atoms with Gasteiger partial charge in [-0.1, -0.05) is 13.0 Å². The van der Waals surface area contributed by atoms with Gasteiger partial charge in [0.25, 0.3) is 0 Å². The number of hydrogen-bond donors (Lipinski definition) is 2. The molecule has 0 amide bonds. The van der Waals surface area contributed by atoms with E-state index in [1.165, 1.54) is 16.4 Å². The van der Waals surface area contributed by atoms with E-state index >= 15 is 0 Å². The Balaban J connectivity index is 2.27. The number of aliphatic hydroxyl groups excluding tert-OH is 1. The van der Waals surface area contributed by atoms with Crippen LogP contribution in [-0.2, 0) is 10.0 Å². The Bertz CT molecular complexity index is 530. The molecule has 3 N–H and O–H groups in total. The van der Waals surface area contributed by atoms with Crippen LogP contribution in [0.15, 0.2) is 29.2 Å². The second kappa shape index (κ2) is 4.87. The maximum Gasteiger partial charge on any atom is 0.243 e. The van der Waals surface area contributed by atoms with Gasteiger partial charge in [-0.05, 0) is 30.5 Å². The van der Waals surface area contributed by atoms with Gasteiger partial charge in [0.15, 0.2) is 0 Å². The lowest BCUT2D eigenvalue weighted by atomic mass is 9.98. The molecule has 0 spiro atoms. The zero-order valence-electron chi connectivity index (χ0n) is 10.3. The lowest BCUT2D eigenvalue weighted by Gasteiger charge is -2.33. The summed E-state index contributed by atoms with van der Waals surface area (Å²) in [7, 11) is -3.55. The minimum atomic E-state index is -3.55. The minimum Gasteiger partial charge on any atom is -0.399 e. The van der Waals surface area contributed by atoms with Gasteiger partial charge in [-0.25, -0.2) is 8.42 Å². The molecule has 1 fully saturated rings. The Morgan fingerprint density at radius 2 is 2.17 bits per heavy atom. The normalized spacial score (nSPS) is 26.1. The van der Waals surface area contributed by atoms with Gasteiger partial charge in [0.2, 0.25) is 10.0 Å². The summed E-state index contributed by atoms with van der Waals surface area (Å²) in [5, 5.41) is 9.78. The van der Waals surface area contributed by atoms with E-state index in [4.69, 9.17) is 5.73 Å². The third-order valence-electron chi connectivity index (χ3n) is 3.38. The van der Waals surface area contributed by atoms with Crippen LogP contribution in [0.3, 0.4) is 0 Å². The summed E-state index contributed by atoms with van der Waals surface area (Å²) < 4.78 is 26.0. The van der Waals surface area contributed by atoms with Crippen LogP contribution in [0, 0.1) is 5.92 Å². The zero-order valence-corrected chi connectivity index (χ0v) is 11.1. The summed E-state index contributed by atoms with van der Waals surface area (Å²) in [6.07, 6.45) is 0.0671. The molecule has 5 nitrogen and oxygen atoms in total. The first-order valence-corrected chi connectivity index (χ1v) is 7.39. The average molecular weight is 270 g/mol. The number of piperidine rings is 1. The van der Waals surface area contributed by atoms with Gasteiger partial charge in [0.05, 0.1) is 11.0 Å². The Hall–Kier alpha value is -1.11. The van der Waals surface area contributed by atoms with Crippen LogP contribution in [-0.4, -0.2) is 37.0 Å². The number of aliphatic hydroxyl groups is 1. The molecule has 6 heteroatoms. The van der Waals surface area contributed by atoms with E-state index in [1.807, 2.05) is 6.92 Å². The highest BCUT2D eigenvalue weighted by Gasteiger charge is 2.32. The van der Waals surface area contributed by atoms with Crippen LogP contribution in [0.4, 0.5) is 5.69 Å². The maximum atomic E-state index is 12.4. The lowest BCUT2D eigenvalue weighted by Crippen LogP contribution is -2.45. The van der Waals surface area contributed by atoms with Gasteiger partial charge in [-0.15, -0.1) is 0 Å². The first-order valence-electron chi connectivity index (χ1n) is 5.95. The van der Waals surface area contributed by atoms with Crippen molar-refractivity contribution in [1.29, 1.82) is 0 Å². The summed E-state index contributed by atoms with van der Waals surface area (Å²) in [6, 6.07) is 6.23. The number of β-amino-alcohol motifs (C(OH)–C–C–N with tert-alkyl or cyclic N) is 1. The Labute approximate surface area is 107 Å². The number of nitrogen functional groups attached to an aromatic ring is 1. The van der Waals surface area contributed by atoms with Crippen molar-refractivity contribution >= 4 is 15.7 Å². The molecule has 0 bridgehead atoms. The number of hydrogen-bond acceptors (Lipinski definition) is 4. The summed E-state index contributed by atoms with van der Waals surface area (Å²) in [5.74, 6) is 0.136. The predicted octanol–water partition coefficient (Wildman–Crippen LogP) is 0.660. The smallest absolute Gasteiger partial charge is 0.243 e. The molecule has 100 valence electrons. The number of anilines is 1. The monoisotopic (exact) mass is 270 g/mol. The van der Waals surface area contributed by atoms with Gasteiger partial charge in [0, 0.05) is 18.8 Å². The van der Waals surface area contributed by atoms with Crippen LogP contribution < -0.4 is 5.73 Å². The van der Waals surface area contributed by atoms with Crippen molar-refractivity contribution in [2.24, 2.45) is 5.92 Å². The second-order valence-corrected chi connectivity index (χ2v) is 6.71.